The first-order chi connectivity index (χ1) is 19.0. The standard InChI is InChI=1S/C22H21ClF3N7O3S.CH2O2/c1-32-4-6-33(7-5-32)12-18(34)28-16-9-13(2-3-17(16)36-22(24,25)26)19(35)29-21-31-30-20(37-21)14-8-15(23)11-27-10-14;2-1-3/h2-3,8-11H,4-7,12H2,1H3,(H,28,34)(H,29,31,35);1H,(H,2,3). The second-order valence-electron chi connectivity index (χ2n) is 8.25. The van der Waals surface area contributed by atoms with Crippen molar-refractivity contribution in [3.8, 4) is 16.3 Å². The summed E-state index contributed by atoms with van der Waals surface area (Å²) in [6.45, 7) is 2.57. The molecule has 0 saturated carbocycles. The second-order valence-corrected chi connectivity index (χ2v) is 9.66. The van der Waals surface area contributed by atoms with Crippen molar-refractivity contribution in [1.82, 2.24) is 25.0 Å². The molecule has 12 nitrogen and oxygen atoms in total. The third-order valence-corrected chi connectivity index (χ3v) is 6.40. The highest BCUT2D eigenvalue weighted by Gasteiger charge is 2.33. The number of nitrogens with one attached hydrogen (secondary N) is 2. The lowest BCUT2D eigenvalue weighted by molar-refractivity contribution is -0.274. The molecular formula is C23H23ClF3N7O5S. The Morgan fingerprint density at radius 2 is 1.85 bits per heavy atom. The fourth-order valence-electron chi connectivity index (χ4n) is 3.47. The van der Waals surface area contributed by atoms with Gasteiger partial charge in [0.05, 0.1) is 17.3 Å². The number of likely N-dealkylation sites (N-methyl/N-ethyl adjacent to an activating group) is 1. The lowest BCUT2D eigenvalue weighted by atomic mass is 10.1. The maximum absolute atomic E-state index is 12.9. The molecule has 1 aliphatic rings. The van der Waals surface area contributed by atoms with E-state index in [1.165, 1.54) is 12.4 Å². The van der Waals surface area contributed by atoms with Crippen LogP contribution < -0.4 is 15.4 Å². The van der Waals surface area contributed by atoms with Crippen LogP contribution in [0.2, 0.25) is 5.02 Å². The van der Waals surface area contributed by atoms with Crippen molar-refractivity contribution in [1.29, 1.82) is 0 Å². The number of carbonyl (C=O) groups is 3. The Labute approximate surface area is 234 Å². The van der Waals surface area contributed by atoms with Crippen LogP contribution in [0.3, 0.4) is 0 Å². The predicted octanol–water partition coefficient (Wildman–Crippen LogP) is 3.29. The van der Waals surface area contributed by atoms with Gasteiger partial charge in [-0.25, -0.2) is 0 Å². The highest BCUT2D eigenvalue weighted by molar-refractivity contribution is 7.18. The lowest BCUT2D eigenvalue weighted by Gasteiger charge is -2.31. The summed E-state index contributed by atoms with van der Waals surface area (Å²) >= 11 is 7.00. The zero-order valence-electron chi connectivity index (χ0n) is 20.8. The number of amides is 2. The highest BCUT2D eigenvalue weighted by Crippen LogP contribution is 2.32. The number of halogens is 4. The first-order valence-electron chi connectivity index (χ1n) is 11.4. The molecule has 1 fully saturated rings. The smallest absolute Gasteiger partial charge is 0.483 e. The van der Waals surface area contributed by atoms with Gasteiger partial charge in [-0.05, 0) is 31.3 Å². The van der Waals surface area contributed by atoms with Crippen LogP contribution in [0.5, 0.6) is 5.75 Å². The molecule has 0 bridgehead atoms. The molecular weight excluding hydrogens is 579 g/mol. The van der Waals surface area contributed by atoms with Crippen molar-refractivity contribution in [2.45, 2.75) is 6.36 Å². The van der Waals surface area contributed by atoms with Crippen LogP contribution in [0.1, 0.15) is 10.4 Å². The molecule has 40 heavy (non-hydrogen) atoms. The average molecular weight is 602 g/mol. The zero-order valence-corrected chi connectivity index (χ0v) is 22.4. The van der Waals surface area contributed by atoms with E-state index in [0.717, 1.165) is 42.6 Å². The van der Waals surface area contributed by atoms with Crippen molar-refractivity contribution < 1.29 is 37.4 Å². The van der Waals surface area contributed by atoms with Gasteiger partial charge in [-0.1, -0.05) is 22.9 Å². The molecule has 214 valence electrons. The van der Waals surface area contributed by atoms with Crippen LogP contribution in [0.4, 0.5) is 24.0 Å². The molecule has 3 aromatic rings. The van der Waals surface area contributed by atoms with Gasteiger partial charge in [0.1, 0.15) is 0 Å². The van der Waals surface area contributed by atoms with Crippen molar-refractivity contribution in [2.75, 3.05) is 50.4 Å². The number of piperazine rings is 1. The number of anilines is 2. The van der Waals surface area contributed by atoms with Gasteiger partial charge in [0.2, 0.25) is 11.0 Å². The maximum Gasteiger partial charge on any atom is 0.573 e. The van der Waals surface area contributed by atoms with E-state index in [4.69, 9.17) is 21.5 Å². The van der Waals surface area contributed by atoms with Gasteiger partial charge in [-0.2, -0.15) is 0 Å². The topological polar surface area (TPSA) is 150 Å². The summed E-state index contributed by atoms with van der Waals surface area (Å²) in [6, 6.07) is 4.87. The molecule has 1 saturated heterocycles. The Bertz CT molecular complexity index is 1340. The second kappa shape index (κ2) is 14.0. The number of carbonyl (C=O) groups excluding carboxylic acids is 2. The van der Waals surface area contributed by atoms with Crippen molar-refractivity contribution in [2.24, 2.45) is 0 Å². The van der Waals surface area contributed by atoms with E-state index in [1.807, 2.05) is 11.9 Å². The van der Waals surface area contributed by atoms with Gasteiger partial charge >= 0.3 is 6.36 Å². The molecule has 0 unspecified atom stereocenters. The van der Waals surface area contributed by atoms with Gasteiger partial charge in [-0.3, -0.25) is 29.6 Å². The van der Waals surface area contributed by atoms with E-state index < -0.39 is 23.9 Å². The molecule has 4 rings (SSSR count). The summed E-state index contributed by atoms with van der Waals surface area (Å²) in [5.74, 6) is -1.83. The van der Waals surface area contributed by atoms with Crippen LogP contribution in [0, 0.1) is 0 Å². The van der Waals surface area contributed by atoms with Crippen LogP contribution in [0.15, 0.2) is 36.7 Å². The minimum atomic E-state index is -4.99. The van der Waals surface area contributed by atoms with Crippen molar-refractivity contribution >= 4 is 52.0 Å². The Balaban J connectivity index is 0.00000141. The molecule has 0 aliphatic carbocycles. The van der Waals surface area contributed by atoms with Gasteiger partial charge in [0.15, 0.2) is 10.8 Å². The Morgan fingerprint density at radius 3 is 2.50 bits per heavy atom. The monoisotopic (exact) mass is 601 g/mol. The Hall–Kier alpha value is -3.86. The molecule has 1 aliphatic heterocycles. The minimum absolute atomic E-state index is 0.0123. The number of hydrogen-bond acceptors (Lipinski definition) is 10. The van der Waals surface area contributed by atoms with Crippen LogP contribution in [0.25, 0.3) is 10.6 Å². The van der Waals surface area contributed by atoms with Crippen LogP contribution in [-0.4, -0.2) is 94.5 Å². The summed E-state index contributed by atoms with van der Waals surface area (Å²) in [5, 5.41) is 20.8. The Kier molecular flexibility index (Phi) is 10.7. The van der Waals surface area contributed by atoms with E-state index in [2.05, 4.69) is 35.5 Å². The summed E-state index contributed by atoms with van der Waals surface area (Å²) in [6.07, 6.45) is -1.99. The molecule has 17 heteroatoms. The normalized spacial score (nSPS) is 14.0. The zero-order chi connectivity index (χ0) is 29.3. The molecule has 1 aromatic carbocycles. The number of alkyl halides is 3. The summed E-state index contributed by atoms with van der Waals surface area (Å²) in [7, 11) is 1.96. The molecule has 2 amide bonds. The molecule has 2 aromatic heterocycles. The summed E-state index contributed by atoms with van der Waals surface area (Å²) < 4.78 is 42.8. The molecule has 3 N–H and O–H groups in total. The molecule has 3 heterocycles. The number of aromatic nitrogens is 3. The fraction of sp³-hybridized carbons (Fsp3) is 0.304. The largest absolute Gasteiger partial charge is 0.573 e. The maximum atomic E-state index is 12.9. The van der Waals surface area contributed by atoms with Gasteiger partial charge in [-0.15, -0.1) is 23.4 Å². The third-order valence-electron chi connectivity index (χ3n) is 5.30. The molecule has 0 atom stereocenters. The number of rotatable bonds is 7. The SMILES string of the molecule is CN1CCN(CC(=O)Nc2cc(C(=O)Nc3nnc(-c4cncc(Cl)c4)s3)ccc2OC(F)(F)F)CC1.O=CO. The number of nitrogens with zero attached hydrogens (tertiary/aromatic N) is 5. The summed E-state index contributed by atoms with van der Waals surface area (Å²) in [4.78, 5) is 41.7. The first kappa shape index (κ1) is 30.7. The lowest BCUT2D eigenvalue weighted by Crippen LogP contribution is -2.47. The van der Waals surface area contributed by atoms with Crippen LogP contribution in [-0.2, 0) is 9.59 Å². The van der Waals surface area contributed by atoms with E-state index >= 15 is 0 Å². The Morgan fingerprint density at radius 1 is 1.15 bits per heavy atom. The van der Waals surface area contributed by atoms with Crippen LogP contribution >= 0.6 is 22.9 Å². The minimum Gasteiger partial charge on any atom is -0.483 e. The highest BCUT2D eigenvalue weighted by atomic mass is 35.5. The quantitative estimate of drug-likeness (QED) is 0.344. The van der Waals surface area contributed by atoms with E-state index in [-0.39, 0.29) is 29.4 Å². The number of benzene rings is 1. The average Bonchev–Trinajstić information content (AvgIpc) is 3.34. The van der Waals surface area contributed by atoms with E-state index in [0.29, 0.717) is 28.7 Å². The number of ether oxygens (including phenoxy) is 1. The predicted molar refractivity (Wildman–Crippen MR) is 140 cm³/mol. The first-order valence-corrected chi connectivity index (χ1v) is 12.6. The van der Waals surface area contributed by atoms with Crippen molar-refractivity contribution in [3.63, 3.8) is 0 Å². The van der Waals surface area contributed by atoms with Gasteiger partial charge in [0, 0.05) is 49.7 Å². The number of carboxylic acid groups (broad SMARTS) is 1. The van der Waals surface area contributed by atoms with E-state index in [1.54, 1.807) is 6.07 Å². The fourth-order valence-corrected chi connectivity index (χ4v) is 4.36. The number of pyridine rings is 1. The van der Waals surface area contributed by atoms with Gasteiger partial charge in [0.25, 0.3) is 12.4 Å². The van der Waals surface area contributed by atoms with E-state index in [9.17, 15) is 22.8 Å². The van der Waals surface area contributed by atoms with Crippen molar-refractivity contribution in [3.05, 3.63) is 47.2 Å². The number of hydrogen-bond donors (Lipinski definition) is 3. The molecule has 0 radical (unpaired) electrons. The summed E-state index contributed by atoms with van der Waals surface area (Å²) in [5.41, 5.74) is 0.294. The molecule has 0 spiro atoms. The van der Waals surface area contributed by atoms with Gasteiger partial charge < -0.3 is 20.1 Å². The third kappa shape index (κ3) is 9.41.